The monoisotopic (exact) mass is 526 g/mol. The lowest BCUT2D eigenvalue weighted by atomic mass is 9.97. The first-order valence-electron chi connectivity index (χ1n) is 12.3. The Hall–Kier alpha value is -2.89. The molecule has 2 saturated heterocycles. The van der Waals surface area contributed by atoms with Gasteiger partial charge < -0.3 is 10.0 Å². The number of hydrogen-bond acceptors (Lipinski definition) is 9. The van der Waals surface area contributed by atoms with E-state index in [4.69, 9.17) is 4.98 Å². The van der Waals surface area contributed by atoms with Crippen LogP contribution >= 0.6 is 22.7 Å². The van der Waals surface area contributed by atoms with Crippen LogP contribution in [0.3, 0.4) is 0 Å². The van der Waals surface area contributed by atoms with Crippen LogP contribution in [0.2, 0.25) is 0 Å². The van der Waals surface area contributed by atoms with Crippen molar-refractivity contribution in [3.05, 3.63) is 40.0 Å². The summed E-state index contributed by atoms with van der Waals surface area (Å²) in [5, 5.41) is 14.8. The zero-order valence-electron chi connectivity index (χ0n) is 20.4. The van der Waals surface area contributed by atoms with Crippen molar-refractivity contribution < 1.29 is 14.7 Å². The third kappa shape index (κ3) is 5.42. The Bertz CT molecular complexity index is 1230. The molecule has 3 aromatic rings. The minimum absolute atomic E-state index is 0.220. The number of rotatable bonds is 7. The number of aryl methyl sites for hydroxylation is 1. The third-order valence-corrected chi connectivity index (χ3v) is 8.97. The highest BCUT2D eigenvalue weighted by Gasteiger charge is 2.26. The first kappa shape index (κ1) is 24.8. The zero-order chi connectivity index (χ0) is 25.2. The Morgan fingerprint density at radius 3 is 2.58 bits per heavy atom. The number of thiazole rings is 1. The lowest BCUT2D eigenvalue weighted by molar-refractivity contribution is -0.142. The Labute approximate surface area is 218 Å². The van der Waals surface area contributed by atoms with Crippen LogP contribution < -0.4 is 10.2 Å². The van der Waals surface area contributed by atoms with E-state index in [1.807, 2.05) is 4.90 Å². The molecule has 0 aliphatic carbocycles. The van der Waals surface area contributed by atoms with E-state index in [0.717, 1.165) is 28.5 Å². The molecule has 3 aromatic heterocycles. The number of anilines is 2. The second-order valence-corrected chi connectivity index (χ2v) is 11.5. The Morgan fingerprint density at radius 1 is 1.17 bits per heavy atom. The highest BCUT2D eigenvalue weighted by atomic mass is 32.1. The topological polar surface area (TPSA) is 112 Å². The van der Waals surface area contributed by atoms with Gasteiger partial charge in [-0.2, -0.15) is 0 Å². The van der Waals surface area contributed by atoms with Crippen LogP contribution in [-0.2, 0) is 11.3 Å². The fourth-order valence-corrected chi connectivity index (χ4v) is 6.77. The lowest BCUT2D eigenvalue weighted by Gasteiger charge is -2.30. The van der Waals surface area contributed by atoms with Crippen LogP contribution in [0.25, 0.3) is 10.6 Å². The number of carboxylic acid groups (broad SMARTS) is 1. The van der Waals surface area contributed by atoms with Crippen molar-refractivity contribution in [1.82, 2.24) is 19.9 Å². The maximum atomic E-state index is 12.9. The summed E-state index contributed by atoms with van der Waals surface area (Å²) in [6, 6.07) is 2.69. The highest BCUT2D eigenvalue weighted by molar-refractivity contribution is 7.17. The van der Waals surface area contributed by atoms with Gasteiger partial charge in [0, 0.05) is 30.6 Å². The number of aliphatic carboxylic acids is 1. The molecule has 2 aliphatic rings. The molecule has 1 amide bonds. The number of nitrogens with zero attached hydrogens (tertiary/aromatic N) is 5. The van der Waals surface area contributed by atoms with E-state index in [1.165, 1.54) is 35.9 Å². The molecule has 2 fully saturated rings. The molecule has 0 saturated carbocycles. The van der Waals surface area contributed by atoms with Gasteiger partial charge in [0.1, 0.15) is 11.5 Å². The van der Waals surface area contributed by atoms with Crippen LogP contribution in [0, 0.1) is 12.8 Å². The molecule has 5 rings (SSSR count). The minimum atomic E-state index is -0.745. The molecule has 1 atom stereocenters. The van der Waals surface area contributed by atoms with Gasteiger partial charge in [-0.15, -0.1) is 11.3 Å². The number of nitrogens with one attached hydrogen (secondary N) is 1. The molecule has 0 spiro atoms. The largest absolute Gasteiger partial charge is 0.481 e. The van der Waals surface area contributed by atoms with Gasteiger partial charge in [-0.05, 0) is 63.1 Å². The van der Waals surface area contributed by atoms with E-state index in [1.54, 1.807) is 17.5 Å². The van der Waals surface area contributed by atoms with Gasteiger partial charge >= 0.3 is 5.97 Å². The summed E-state index contributed by atoms with van der Waals surface area (Å²) in [7, 11) is 0. The molecule has 2 N–H and O–H groups in total. The summed E-state index contributed by atoms with van der Waals surface area (Å²) in [6.07, 6.45) is 6.63. The molecule has 36 heavy (non-hydrogen) atoms. The fourth-order valence-electron chi connectivity index (χ4n) is 4.79. The number of hydrogen-bond donors (Lipinski definition) is 2. The van der Waals surface area contributed by atoms with Crippen molar-refractivity contribution in [1.29, 1.82) is 0 Å². The van der Waals surface area contributed by atoms with Gasteiger partial charge in [0.25, 0.3) is 5.91 Å². The molecule has 0 bridgehead atoms. The van der Waals surface area contributed by atoms with Gasteiger partial charge in [0.15, 0.2) is 5.13 Å². The van der Waals surface area contributed by atoms with Gasteiger partial charge in [0.2, 0.25) is 0 Å². The molecule has 0 aromatic carbocycles. The summed E-state index contributed by atoms with van der Waals surface area (Å²) >= 11 is 3.20. The van der Waals surface area contributed by atoms with Gasteiger partial charge in [-0.1, -0.05) is 11.3 Å². The molecular weight excluding hydrogens is 496 g/mol. The number of carbonyl (C=O) groups is 2. The molecular formula is C25H30N6O3S2. The molecule has 0 radical (unpaired) electrons. The second-order valence-electron chi connectivity index (χ2n) is 9.55. The van der Waals surface area contributed by atoms with E-state index >= 15 is 0 Å². The fraction of sp³-hybridized carbons (Fsp3) is 0.480. The zero-order valence-corrected chi connectivity index (χ0v) is 22.1. The number of piperidine rings is 1. The summed E-state index contributed by atoms with van der Waals surface area (Å²) in [5.41, 5.74) is 2.37. The second kappa shape index (κ2) is 10.6. The Kier molecular flexibility index (Phi) is 7.31. The first-order chi connectivity index (χ1) is 17.4. The van der Waals surface area contributed by atoms with Crippen LogP contribution in [0.5, 0.6) is 0 Å². The molecule has 0 unspecified atom stereocenters. The maximum Gasteiger partial charge on any atom is 0.306 e. The van der Waals surface area contributed by atoms with Crippen molar-refractivity contribution in [2.24, 2.45) is 5.92 Å². The minimum Gasteiger partial charge on any atom is -0.481 e. The lowest BCUT2D eigenvalue weighted by Crippen LogP contribution is -2.36. The molecule has 2 aliphatic heterocycles. The highest BCUT2D eigenvalue weighted by Crippen LogP contribution is 2.37. The SMILES string of the molecule is Cc1csc(-c2nc(NC(=O)c3cnc(N4CCC(C(=O)O)CC4)cn3)sc2CN2CCC[C@H]2C)c1. The Balaban J connectivity index is 1.28. The van der Waals surface area contributed by atoms with Crippen molar-refractivity contribution in [3.63, 3.8) is 0 Å². The molecule has 11 heteroatoms. The summed E-state index contributed by atoms with van der Waals surface area (Å²) < 4.78 is 0. The number of aromatic nitrogens is 3. The van der Waals surface area contributed by atoms with Gasteiger partial charge in [-0.25, -0.2) is 15.0 Å². The third-order valence-electron chi connectivity index (χ3n) is 6.96. The predicted octanol–water partition coefficient (Wildman–Crippen LogP) is 4.51. The van der Waals surface area contributed by atoms with E-state index in [2.05, 4.69) is 45.5 Å². The van der Waals surface area contributed by atoms with E-state index in [9.17, 15) is 14.7 Å². The average Bonchev–Trinajstić information content (AvgIpc) is 3.60. The Morgan fingerprint density at radius 2 is 1.97 bits per heavy atom. The summed E-state index contributed by atoms with van der Waals surface area (Å²) in [4.78, 5) is 44.4. The molecule has 190 valence electrons. The first-order valence-corrected chi connectivity index (χ1v) is 14.0. The number of carbonyl (C=O) groups excluding carboxylic acids is 1. The number of thiophene rings is 1. The van der Waals surface area contributed by atoms with Crippen LogP contribution in [-0.4, -0.2) is 62.5 Å². The van der Waals surface area contributed by atoms with Crippen LogP contribution in [0.4, 0.5) is 10.9 Å². The number of likely N-dealkylation sites (tertiary alicyclic amines) is 1. The summed E-state index contributed by atoms with van der Waals surface area (Å²) in [5.74, 6) is -0.742. The quantitative estimate of drug-likeness (QED) is 0.463. The van der Waals surface area contributed by atoms with Gasteiger partial charge in [-0.3, -0.25) is 19.8 Å². The van der Waals surface area contributed by atoms with E-state index in [0.29, 0.717) is 42.9 Å². The smallest absolute Gasteiger partial charge is 0.306 e. The van der Waals surface area contributed by atoms with Crippen molar-refractivity contribution in [2.45, 2.75) is 52.1 Å². The van der Waals surface area contributed by atoms with Crippen molar-refractivity contribution in [3.8, 4) is 10.6 Å². The van der Waals surface area contributed by atoms with E-state index < -0.39 is 5.97 Å². The predicted molar refractivity (Wildman–Crippen MR) is 142 cm³/mol. The van der Waals surface area contributed by atoms with Gasteiger partial charge in [0.05, 0.1) is 28.9 Å². The van der Waals surface area contributed by atoms with E-state index in [-0.39, 0.29) is 17.5 Å². The maximum absolute atomic E-state index is 12.9. The number of carboxylic acids is 1. The van der Waals surface area contributed by atoms with Crippen molar-refractivity contribution in [2.75, 3.05) is 29.9 Å². The van der Waals surface area contributed by atoms with Crippen LogP contribution in [0.1, 0.15) is 53.5 Å². The normalized spacial score (nSPS) is 19.1. The molecule has 9 nitrogen and oxygen atoms in total. The standard InChI is InChI=1S/C25H30N6O3S2/c1-15-10-19(35-14-15)22-20(13-31-7-3-4-16(31)2)36-25(28-22)29-23(32)18-11-27-21(12-26-18)30-8-5-17(6-9-30)24(33)34/h10-12,14,16-17H,3-9,13H2,1-2H3,(H,33,34)(H,28,29,32)/t16-/m1/s1. The van der Waals surface area contributed by atoms with Crippen molar-refractivity contribution >= 4 is 45.5 Å². The number of amides is 1. The van der Waals surface area contributed by atoms with Crippen LogP contribution in [0.15, 0.2) is 23.8 Å². The molecule has 5 heterocycles. The average molecular weight is 527 g/mol. The summed E-state index contributed by atoms with van der Waals surface area (Å²) in [6.45, 7) is 7.48.